The molecule has 33 heavy (non-hydrogen) atoms. The van der Waals surface area contributed by atoms with Gasteiger partial charge in [0.2, 0.25) is 11.8 Å². The van der Waals surface area contributed by atoms with Gasteiger partial charge >= 0.3 is 5.97 Å². The number of amides is 2. The number of carbonyl (C=O) groups excluding carboxylic acids is 3. The van der Waals surface area contributed by atoms with Gasteiger partial charge in [-0.2, -0.15) is 0 Å². The topological polar surface area (TPSA) is 79.0 Å². The fraction of sp³-hybridized carbons (Fsp3) is 0.808. The Morgan fingerprint density at radius 1 is 1.12 bits per heavy atom. The van der Waals surface area contributed by atoms with Gasteiger partial charge in [-0.15, -0.1) is 0 Å². The number of piperidine rings is 1. The monoisotopic (exact) mass is 465 g/mol. The average molecular weight is 466 g/mol. The molecule has 1 rings (SSSR count). The smallest absolute Gasteiger partial charge is 0.333 e. The summed E-state index contributed by atoms with van der Waals surface area (Å²) in [4.78, 5) is 43.0. The van der Waals surface area contributed by atoms with E-state index in [-0.39, 0.29) is 47.7 Å². The van der Waals surface area contributed by atoms with Gasteiger partial charge in [0.05, 0.1) is 18.7 Å². The van der Waals surface area contributed by atoms with Crippen LogP contribution >= 0.6 is 0 Å². The molecule has 0 unspecified atom stereocenters. The molecule has 0 aromatic heterocycles. The standard InChI is InChI=1S/C26H47N3O4/c1-10-19(7)22(16-20(8)26(32)33-11-2)28(9)25(31)23(17(3)4)27-24(30)21-14-12-13-15-29(21)18(5)6/h16-19,21-23H,10-15H2,1-9H3,(H,27,30)/b20-16+/t19-,21+,22+,23-/m0/s1. The van der Waals surface area contributed by atoms with E-state index in [1.54, 1.807) is 25.8 Å². The van der Waals surface area contributed by atoms with Crippen molar-refractivity contribution in [1.29, 1.82) is 0 Å². The molecule has 1 saturated heterocycles. The molecule has 0 radical (unpaired) electrons. The summed E-state index contributed by atoms with van der Waals surface area (Å²) in [5.41, 5.74) is 0.488. The second-order valence-electron chi connectivity index (χ2n) is 9.97. The van der Waals surface area contributed by atoms with Gasteiger partial charge in [-0.3, -0.25) is 14.5 Å². The minimum atomic E-state index is -0.624. The van der Waals surface area contributed by atoms with Crippen LogP contribution in [0.25, 0.3) is 0 Å². The molecule has 1 aliphatic heterocycles. The Labute approximate surface area is 201 Å². The van der Waals surface area contributed by atoms with E-state index in [4.69, 9.17) is 4.74 Å². The van der Waals surface area contributed by atoms with E-state index in [1.807, 2.05) is 19.9 Å². The molecule has 0 saturated carbocycles. The Bertz CT molecular complexity index is 689. The summed E-state index contributed by atoms with van der Waals surface area (Å²) in [6, 6.07) is -0.815. The Morgan fingerprint density at radius 3 is 2.27 bits per heavy atom. The zero-order valence-corrected chi connectivity index (χ0v) is 22.3. The van der Waals surface area contributed by atoms with Gasteiger partial charge in [-0.1, -0.05) is 46.6 Å². The van der Waals surface area contributed by atoms with E-state index < -0.39 is 6.04 Å². The highest BCUT2D eigenvalue weighted by atomic mass is 16.5. The number of nitrogens with zero attached hydrogens (tertiary/aromatic N) is 2. The summed E-state index contributed by atoms with van der Waals surface area (Å²) in [6.07, 6.45) is 5.61. The third-order valence-electron chi connectivity index (χ3n) is 6.78. The molecular formula is C26H47N3O4. The van der Waals surface area contributed by atoms with Crippen LogP contribution in [0.15, 0.2) is 11.6 Å². The molecule has 1 heterocycles. The molecule has 7 nitrogen and oxygen atoms in total. The predicted octanol–water partition coefficient (Wildman–Crippen LogP) is 3.77. The third-order valence-corrected chi connectivity index (χ3v) is 6.78. The van der Waals surface area contributed by atoms with Crippen molar-refractivity contribution in [1.82, 2.24) is 15.1 Å². The van der Waals surface area contributed by atoms with Crippen molar-refractivity contribution < 1.29 is 19.1 Å². The van der Waals surface area contributed by atoms with Crippen LogP contribution in [0.3, 0.4) is 0 Å². The summed E-state index contributed by atoms with van der Waals surface area (Å²) in [5.74, 6) is -0.494. The Kier molecular flexibility index (Phi) is 12.1. The van der Waals surface area contributed by atoms with Crippen molar-refractivity contribution in [2.45, 2.75) is 105 Å². The summed E-state index contributed by atoms with van der Waals surface area (Å²) < 4.78 is 5.12. The first-order chi connectivity index (χ1) is 15.5. The predicted molar refractivity (Wildman–Crippen MR) is 133 cm³/mol. The first kappa shape index (κ1) is 29.1. The fourth-order valence-corrected chi connectivity index (χ4v) is 4.45. The Hall–Kier alpha value is -1.89. The van der Waals surface area contributed by atoms with Crippen LogP contribution in [0.2, 0.25) is 0 Å². The lowest BCUT2D eigenvalue weighted by atomic mass is 9.93. The Balaban J connectivity index is 3.10. The molecule has 190 valence electrons. The van der Waals surface area contributed by atoms with Gasteiger partial charge in [0.25, 0.3) is 0 Å². The number of likely N-dealkylation sites (tertiary alicyclic amines) is 1. The second kappa shape index (κ2) is 13.7. The number of rotatable bonds is 11. The van der Waals surface area contributed by atoms with Gasteiger partial charge in [0.1, 0.15) is 6.04 Å². The van der Waals surface area contributed by atoms with Crippen LogP contribution < -0.4 is 5.32 Å². The molecule has 7 heteroatoms. The maximum absolute atomic E-state index is 13.6. The maximum Gasteiger partial charge on any atom is 0.333 e. The highest BCUT2D eigenvalue weighted by molar-refractivity contribution is 5.91. The van der Waals surface area contributed by atoms with Crippen LogP contribution in [-0.2, 0) is 19.1 Å². The van der Waals surface area contributed by atoms with Crippen molar-refractivity contribution in [3.63, 3.8) is 0 Å². The van der Waals surface area contributed by atoms with Crippen LogP contribution in [0.1, 0.15) is 81.1 Å². The highest BCUT2D eigenvalue weighted by Crippen LogP contribution is 2.22. The molecular weight excluding hydrogens is 418 g/mol. The lowest BCUT2D eigenvalue weighted by molar-refractivity contribution is -0.140. The Morgan fingerprint density at radius 2 is 1.76 bits per heavy atom. The second-order valence-corrected chi connectivity index (χ2v) is 9.97. The van der Waals surface area contributed by atoms with Gasteiger partial charge in [0.15, 0.2) is 0 Å². The number of ether oxygens (including phenoxy) is 1. The summed E-state index contributed by atoms with van der Waals surface area (Å²) in [7, 11) is 1.76. The molecule has 1 N–H and O–H groups in total. The van der Waals surface area contributed by atoms with Gasteiger partial charge in [0, 0.05) is 18.7 Å². The van der Waals surface area contributed by atoms with Crippen molar-refractivity contribution in [2.75, 3.05) is 20.2 Å². The van der Waals surface area contributed by atoms with Crippen LogP contribution in [0, 0.1) is 11.8 Å². The zero-order valence-electron chi connectivity index (χ0n) is 22.3. The van der Waals surface area contributed by atoms with Crippen LogP contribution in [0.5, 0.6) is 0 Å². The van der Waals surface area contributed by atoms with Gasteiger partial charge in [-0.25, -0.2) is 4.79 Å². The third kappa shape index (κ3) is 8.13. The number of likely N-dealkylation sites (N-methyl/N-ethyl adjacent to an activating group) is 1. The summed E-state index contributed by atoms with van der Waals surface area (Å²) in [5, 5.41) is 3.08. The minimum Gasteiger partial charge on any atom is -0.463 e. The molecule has 4 atom stereocenters. The van der Waals surface area contributed by atoms with Crippen molar-refractivity contribution in [3.05, 3.63) is 11.6 Å². The van der Waals surface area contributed by atoms with Gasteiger partial charge < -0.3 is 15.0 Å². The maximum atomic E-state index is 13.6. The SMILES string of the molecule is CCOC(=O)/C(C)=C/[C@H]([C@@H](C)CC)N(C)C(=O)[C@@H](NC(=O)[C@H]1CCCCN1C(C)C)C(C)C. The van der Waals surface area contributed by atoms with Gasteiger partial charge in [-0.05, 0) is 58.9 Å². The molecule has 0 bridgehead atoms. The molecule has 0 aromatic rings. The molecule has 0 aliphatic carbocycles. The van der Waals surface area contributed by atoms with Crippen molar-refractivity contribution >= 4 is 17.8 Å². The van der Waals surface area contributed by atoms with Crippen molar-refractivity contribution in [3.8, 4) is 0 Å². The average Bonchev–Trinajstić information content (AvgIpc) is 2.79. The first-order valence-corrected chi connectivity index (χ1v) is 12.6. The lowest BCUT2D eigenvalue weighted by Crippen LogP contribution is -2.58. The summed E-state index contributed by atoms with van der Waals surface area (Å²) in [6.45, 7) is 17.0. The van der Waals surface area contributed by atoms with Crippen molar-refractivity contribution in [2.24, 2.45) is 11.8 Å². The normalized spacial score (nSPS) is 20.3. The first-order valence-electron chi connectivity index (χ1n) is 12.6. The number of esters is 1. The number of hydrogen-bond donors (Lipinski definition) is 1. The van der Waals surface area contributed by atoms with E-state index in [9.17, 15) is 14.4 Å². The largest absolute Gasteiger partial charge is 0.463 e. The van der Waals surface area contributed by atoms with Crippen LogP contribution in [-0.4, -0.2) is 72.0 Å². The van der Waals surface area contributed by atoms with E-state index >= 15 is 0 Å². The van der Waals surface area contributed by atoms with E-state index in [0.717, 1.165) is 32.2 Å². The number of nitrogens with one attached hydrogen (secondary N) is 1. The number of carbonyl (C=O) groups is 3. The number of hydrogen-bond acceptors (Lipinski definition) is 5. The molecule has 2 amide bonds. The molecule has 0 spiro atoms. The van der Waals surface area contributed by atoms with E-state index in [2.05, 4.69) is 37.9 Å². The molecule has 0 aromatic carbocycles. The molecule has 1 aliphatic rings. The molecule has 1 fully saturated rings. The van der Waals surface area contributed by atoms with E-state index in [1.165, 1.54) is 0 Å². The quantitative estimate of drug-likeness (QED) is 0.371. The fourth-order valence-electron chi connectivity index (χ4n) is 4.45. The van der Waals surface area contributed by atoms with E-state index in [0.29, 0.717) is 12.2 Å². The zero-order chi connectivity index (χ0) is 25.3. The summed E-state index contributed by atoms with van der Waals surface area (Å²) >= 11 is 0. The highest BCUT2D eigenvalue weighted by Gasteiger charge is 2.36. The van der Waals surface area contributed by atoms with Crippen LogP contribution in [0.4, 0.5) is 0 Å². The lowest BCUT2D eigenvalue weighted by Gasteiger charge is -2.39. The minimum absolute atomic E-state index is 0.0623.